The van der Waals surface area contributed by atoms with Crippen molar-refractivity contribution in [3.8, 4) is 0 Å². The second kappa shape index (κ2) is 11.1. The van der Waals surface area contributed by atoms with Gasteiger partial charge in [-0.3, -0.25) is 4.99 Å². The van der Waals surface area contributed by atoms with Gasteiger partial charge >= 0.3 is 0 Å². The maximum absolute atomic E-state index is 4.40. The predicted molar refractivity (Wildman–Crippen MR) is 119 cm³/mol. The van der Waals surface area contributed by atoms with Crippen molar-refractivity contribution in [3.05, 3.63) is 0 Å². The Bertz CT molecular complexity index is 375. The number of hydrogen-bond acceptors (Lipinski definition) is 3. The van der Waals surface area contributed by atoms with Crippen molar-refractivity contribution < 1.29 is 0 Å². The van der Waals surface area contributed by atoms with Crippen LogP contribution in [0, 0.1) is 0 Å². The van der Waals surface area contributed by atoms with Gasteiger partial charge in [-0.15, -0.1) is 24.0 Å². The molecule has 0 aromatic rings. The Kier molecular flexibility index (Phi) is 10.4. The Balaban J connectivity index is 0.00000288. The van der Waals surface area contributed by atoms with Gasteiger partial charge in [-0.25, -0.2) is 0 Å². The van der Waals surface area contributed by atoms with Crippen LogP contribution in [-0.2, 0) is 0 Å². The Morgan fingerprint density at radius 2 is 1.75 bits per heavy atom. The van der Waals surface area contributed by atoms with E-state index >= 15 is 0 Å². The summed E-state index contributed by atoms with van der Waals surface area (Å²) in [5.74, 6) is 0.961. The van der Waals surface area contributed by atoms with Crippen molar-refractivity contribution in [1.29, 1.82) is 0 Å². The molecule has 2 N–H and O–H groups in total. The summed E-state index contributed by atoms with van der Waals surface area (Å²) in [6.45, 7) is 7.96. The average molecular weight is 468 g/mol. The molecule has 1 heterocycles. The Morgan fingerprint density at radius 1 is 1.12 bits per heavy atom. The largest absolute Gasteiger partial charge is 0.355 e. The number of piperidine rings is 1. The van der Waals surface area contributed by atoms with Crippen molar-refractivity contribution in [2.45, 2.75) is 75.6 Å². The minimum atomic E-state index is 0. The minimum absolute atomic E-state index is 0. The predicted octanol–water partition coefficient (Wildman–Crippen LogP) is 3.71. The molecule has 1 aliphatic heterocycles. The van der Waals surface area contributed by atoms with Gasteiger partial charge in [0.25, 0.3) is 0 Å². The zero-order valence-corrected chi connectivity index (χ0v) is 19.1. The molecule has 142 valence electrons. The molecular formula is C18H37IN4S. The summed E-state index contributed by atoms with van der Waals surface area (Å²) in [4.78, 5) is 7.14. The molecule has 2 rings (SSSR count). The number of aliphatic imine (C=N–C) groups is 1. The van der Waals surface area contributed by atoms with E-state index in [4.69, 9.17) is 0 Å². The van der Waals surface area contributed by atoms with Crippen molar-refractivity contribution in [1.82, 2.24) is 15.5 Å². The van der Waals surface area contributed by atoms with E-state index < -0.39 is 0 Å². The summed E-state index contributed by atoms with van der Waals surface area (Å²) >= 11 is 1.89. The van der Waals surface area contributed by atoms with Crippen LogP contribution in [0.2, 0.25) is 0 Å². The fraction of sp³-hybridized carbons (Fsp3) is 0.944. The fourth-order valence-electron chi connectivity index (χ4n) is 3.61. The van der Waals surface area contributed by atoms with Gasteiger partial charge in [0, 0.05) is 43.5 Å². The molecule has 1 saturated heterocycles. The van der Waals surface area contributed by atoms with E-state index in [9.17, 15) is 0 Å². The van der Waals surface area contributed by atoms with Crippen LogP contribution in [0.15, 0.2) is 4.99 Å². The van der Waals surface area contributed by atoms with Crippen molar-refractivity contribution in [2.75, 3.05) is 32.9 Å². The third kappa shape index (κ3) is 7.28. The summed E-state index contributed by atoms with van der Waals surface area (Å²) in [7, 11) is 1.87. The molecule has 0 amide bonds. The quantitative estimate of drug-likeness (QED) is 0.367. The molecule has 1 saturated carbocycles. The van der Waals surface area contributed by atoms with Crippen LogP contribution in [0.1, 0.15) is 58.8 Å². The van der Waals surface area contributed by atoms with Crippen LogP contribution >= 0.6 is 35.7 Å². The zero-order chi connectivity index (χ0) is 16.7. The van der Waals surface area contributed by atoms with Crippen LogP contribution in [0.5, 0.6) is 0 Å². The maximum atomic E-state index is 4.40. The lowest BCUT2D eigenvalue weighted by molar-refractivity contribution is 0.119. The van der Waals surface area contributed by atoms with Crippen LogP contribution in [0.25, 0.3) is 0 Å². The van der Waals surface area contributed by atoms with Crippen LogP contribution < -0.4 is 10.6 Å². The number of rotatable bonds is 5. The second-order valence-corrected chi connectivity index (χ2v) is 9.15. The van der Waals surface area contributed by atoms with Crippen molar-refractivity contribution in [3.63, 3.8) is 0 Å². The normalized spacial score (nSPS) is 22.1. The van der Waals surface area contributed by atoms with Gasteiger partial charge in [0.15, 0.2) is 5.96 Å². The first kappa shape index (κ1) is 22.4. The van der Waals surface area contributed by atoms with Gasteiger partial charge < -0.3 is 15.5 Å². The second-order valence-electron chi connectivity index (χ2n) is 7.64. The number of thioether (sulfide) groups is 1. The molecule has 6 heteroatoms. The standard InChI is InChI=1S/C18H36N4S.HI/c1-18(2,23-4)14-20-17(19-3)21-15-10-12-22(13-11-15)16-8-6-5-7-9-16;/h15-16H,5-14H2,1-4H3,(H2,19,20,21);1H. The van der Waals surface area contributed by atoms with E-state index in [0.29, 0.717) is 6.04 Å². The minimum Gasteiger partial charge on any atom is -0.355 e. The summed E-state index contributed by atoms with van der Waals surface area (Å²) in [6.07, 6.45) is 11.8. The third-order valence-corrected chi connectivity index (χ3v) is 6.67. The number of nitrogens with one attached hydrogen (secondary N) is 2. The molecule has 2 fully saturated rings. The van der Waals surface area contributed by atoms with E-state index in [1.165, 1.54) is 58.0 Å². The molecule has 0 spiro atoms. The first-order valence-electron chi connectivity index (χ1n) is 9.30. The first-order chi connectivity index (χ1) is 11.0. The Labute approximate surface area is 170 Å². The number of nitrogens with zero attached hydrogens (tertiary/aromatic N) is 2. The fourth-order valence-corrected chi connectivity index (χ4v) is 3.83. The molecule has 2 aliphatic rings. The summed E-state index contributed by atoms with van der Waals surface area (Å²) in [5, 5.41) is 7.12. The number of hydrogen-bond donors (Lipinski definition) is 2. The van der Waals surface area contributed by atoms with E-state index in [-0.39, 0.29) is 28.7 Å². The summed E-state index contributed by atoms with van der Waals surface area (Å²) in [5.41, 5.74) is 0. The van der Waals surface area contributed by atoms with Crippen LogP contribution in [-0.4, -0.2) is 60.6 Å². The monoisotopic (exact) mass is 468 g/mol. The lowest BCUT2D eigenvalue weighted by atomic mass is 9.92. The Hall–Kier alpha value is 0.310. The number of guanidine groups is 1. The molecule has 0 unspecified atom stereocenters. The van der Waals surface area contributed by atoms with Gasteiger partial charge in [-0.1, -0.05) is 19.3 Å². The highest BCUT2D eigenvalue weighted by Crippen LogP contribution is 2.25. The zero-order valence-electron chi connectivity index (χ0n) is 15.9. The van der Waals surface area contributed by atoms with Gasteiger partial charge in [-0.05, 0) is 45.8 Å². The van der Waals surface area contributed by atoms with Gasteiger partial charge in [0.05, 0.1) is 0 Å². The molecule has 0 bridgehead atoms. The topological polar surface area (TPSA) is 39.7 Å². The smallest absolute Gasteiger partial charge is 0.191 e. The van der Waals surface area contributed by atoms with Crippen LogP contribution in [0.4, 0.5) is 0 Å². The molecule has 0 aromatic heterocycles. The molecule has 0 atom stereocenters. The maximum Gasteiger partial charge on any atom is 0.191 e. The molecule has 1 aliphatic carbocycles. The SMILES string of the molecule is CN=C(NCC(C)(C)SC)NC1CCN(C2CCCCC2)CC1.I. The van der Waals surface area contributed by atoms with E-state index in [1.807, 2.05) is 18.8 Å². The van der Waals surface area contributed by atoms with Gasteiger partial charge in [-0.2, -0.15) is 11.8 Å². The van der Waals surface area contributed by atoms with Crippen LogP contribution in [0.3, 0.4) is 0 Å². The molecule has 0 radical (unpaired) electrons. The lowest BCUT2D eigenvalue weighted by Gasteiger charge is -2.39. The van der Waals surface area contributed by atoms with Gasteiger partial charge in [0.2, 0.25) is 0 Å². The van der Waals surface area contributed by atoms with E-state index in [2.05, 4.69) is 40.6 Å². The van der Waals surface area contributed by atoms with E-state index in [0.717, 1.165) is 18.5 Å². The van der Waals surface area contributed by atoms with Crippen molar-refractivity contribution >= 4 is 41.7 Å². The number of halogens is 1. The first-order valence-corrected chi connectivity index (χ1v) is 10.5. The Morgan fingerprint density at radius 3 is 2.29 bits per heavy atom. The summed E-state index contributed by atoms with van der Waals surface area (Å²) < 4.78 is 0.238. The molecular weight excluding hydrogens is 431 g/mol. The molecule has 0 aromatic carbocycles. The highest BCUT2D eigenvalue weighted by molar-refractivity contribution is 14.0. The number of likely N-dealkylation sites (tertiary alicyclic amines) is 1. The van der Waals surface area contributed by atoms with Crippen molar-refractivity contribution in [2.24, 2.45) is 4.99 Å². The lowest BCUT2D eigenvalue weighted by Crippen LogP contribution is -2.52. The highest BCUT2D eigenvalue weighted by atomic mass is 127. The van der Waals surface area contributed by atoms with E-state index in [1.54, 1.807) is 0 Å². The van der Waals surface area contributed by atoms with Gasteiger partial charge in [0.1, 0.15) is 0 Å². The molecule has 4 nitrogen and oxygen atoms in total. The highest BCUT2D eigenvalue weighted by Gasteiger charge is 2.26. The molecule has 24 heavy (non-hydrogen) atoms. The average Bonchev–Trinajstić information content (AvgIpc) is 2.60. The summed E-state index contributed by atoms with van der Waals surface area (Å²) in [6, 6.07) is 1.43. The third-order valence-electron chi connectivity index (χ3n) is 5.42.